The molecule has 0 aromatic heterocycles. The third-order valence-electron chi connectivity index (χ3n) is 4.63. The van der Waals surface area contributed by atoms with E-state index >= 15 is 0 Å². The van der Waals surface area contributed by atoms with Crippen LogP contribution in [0.1, 0.15) is 5.56 Å². The lowest BCUT2D eigenvalue weighted by Gasteiger charge is -2.22. The third-order valence-corrected chi connectivity index (χ3v) is 4.63. The van der Waals surface area contributed by atoms with Crippen LogP contribution in [-0.2, 0) is 39.8 Å². The van der Waals surface area contributed by atoms with Crippen LogP contribution >= 0.6 is 0 Å². The molecule has 0 amide bonds. The molecule has 1 aromatic carbocycles. The van der Waals surface area contributed by atoms with Gasteiger partial charge in [-0.25, -0.2) is 0 Å². The van der Waals surface area contributed by atoms with Crippen molar-refractivity contribution in [1.82, 2.24) is 4.90 Å². The van der Waals surface area contributed by atoms with Gasteiger partial charge in [-0.2, -0.15) is 0 Å². The molecule has 31 heavy (non-hydrogen) atoms. The maximum absolute atomic E-state index is 5.74. The summed E-state index contributed by atoms with van der Waals surface area (Å²) in [6.45, 7) is 10.9. The molecule has 0 N–H and O–H groups in total. The van der Waals surface area contributed by atoms with Crippen LogP contribution in [0, 0.1) is 0 Å². The molecular weight excluding hydrogens is 402 g/mol. The van der Waals surface area contributed by atoms with Crippen LogP contribution in [-0.4, -0.2) is 110 Å². The summed E-state index contributed by atoms with van der Waals surface area (Å²) in [6, 6.07) is 10.2. The highest BCUT2D eigenvalue weighted by Gasteiger charge is 2.06. The minimum atomic E-state index is 0.574. The minimum Gasteiger partial charge on any atom is -0.378 e. The standard InChI is InChI=1S/C23H39NO7/c1-2-4-23(5-3-1)22-31-21-20-27-11-8-24-6-9-25-12-14-28-16-18-30-19-17-29-15-13-26-10-7-24/h1-5H,6-22H2. The van der Waals surface area contributed by atoms with Crippen LogP contribution in [0.25, 0.3) is 0 Å². The van der Waals surface area contributed by atoms with E-state index in [4.69, 9.17) is 33.2 Å². The third kappa shape index (κ3) is 15.4. The van der Waals surface area contributed by atoms with Crippen LogP contribution in [0.2, 0.25) is 0 Å². The zero-order valence-corrected chi connectivity index (χ0v) is 18.7. The Hall–Kier alpha value is -1.10. The van der Waals surface area contributed by atoms with Crippen molar-refractivity contribution < 1.29 is 33.2 Å². The van der Waals surface area contributed by atoms with Crippen molar-refractivity contribution in [1.29, 1.82) is 0 Å². The van der Waals surface area contributed by atoms with Gasteiger partial charge in [0.05, 0.1) is 92.5 Å². The van der Waals surface area contributed by atoms with E-state index in [2.05, 4.69) is 17.0 Å². The molecule has 1 aromatic rings. The highest BCUT2D eigenvalue weighted by molar-refractivity contribution is 5.13. The second-order valence-corrected chi connectivity index (χ2v) is 7.05. The van der Waals surface area contributed by atoms with Crippen molar-refractivity contribution in [2.75, 3.05) is 106 Å². The zero-order chi connectivity index (χ0) is 21.7. The summed E-state index contributed by atoms with van der Waals surface area (Å²) in [4.78, 5) is 2.30. The molecule has 0 bridgehead atoms. The van der Waals surface area contributed by atoms with Crippen molar-refractivity contribution in [2.24, 2.45) is 0 Å². The molecule has 0 atom stereocenters. The van der Waals surface area contributed by atoms with Gasteiger partial charge in [0.1, 0.15) is 0 Å². The van der Waals surface area contributed by atoms with E-state index in [0.717, 1.165) is 19.6 Å². The van der Waals surface area contributed by atoms with Gasteiger partial charge >= 0.3 is 0 Å². The van der Waals surface area contributed by atoms with E-state index in [-0.39, 0.29) is 0 Å². The fourth-order valence-electron chi connectivity index (χ4n) is 2.88. The van der Waals surface area contributed by atoms with Crippen molar-refractivity contribution in [2.45, 2.75) is 6.61 Å². The van der Waals surface area contributed by atoms with Crippen LogP contribution in [0.4, 0.5) is 0 Å². The molecule has 0 spiro atoms. The molecule has 0 unspecified atom stereocenters. The summed E-state index contributed by atoms with van der Waals surface area (Å²) in [5.41, 5.74) is 1.18. The molecule has 8 heteroatoms. The monoisotopic (exact) mass is 441 g/mol. The van der Waals surface area contributed by atoms with E-state index in [1.165, 1.54) is 5.56 Å². The van der Waals surface area contributed by atoms with Crippen molar-refractivity contribution in [3.8, 4) is 0 Å². The van der Waals surface area contributed by atoms with E-state index in [1.54, 1.807) is 0 Å². The van der Waals surface area contributed by atoms with Crippen molar-refractivity contribution >= 4 is 0 Å². The Balaban J connectivity index is 1.55. The smallest absolute Gasteiger partial charge is 0.0718 e. The molecule has 0 saturated carbocycles. The van der Waals surface area contributed by atoms with Gasteiger partial charge in [0.15, 0.2) is 0 Å². The summed E-state index contributed by atoms with van der Waals surface area (Å²) >= 11 is 0. The Labute approximate surface area is 186 Å². The summed E-state index contributed by atoms with van der Waals surface area (Å²) in [5.74, 6) is 0. The molecule has 1 saturated heterocycles. The summed E-state index contributed by atoms with van der Waals surface area (Å²) < 4.78 is 39.2. The predicted octanol–water partition coefficient (Wildman–Crippen LogP) is 1.62. The van der Waals surface area contributed by atoms with Gasteiger partial charge in [-0.15, -0.1) is 0 Å². The molecule has 2 rings (SSSR count). The van der Waals surface area contributed by atoms with Crippen LogP contribution in [0.3, 0.4) is 0 Å². The summed E-state index contributed by atoms with van der Waals surface area (Å²) in [5, 5.41) is 0. The molecule has 8 nitrogen and oxygen atoms in total. The highest BCUT2D eigenvalue weighted by Crippen LogP contribution is 2.00. The van der Waals surface area contributed by atoms with Crippen LogP contribution in [0.15, 0.2) is 30.3 Å². The molecule has 178 valence electrons. The number of benzene rings is 1. The van der Waals surface area contributed by atoms with Gasteiger partial charge in [-0.3, -0.25) is 4.90 Å². The lowest BCUT2D eigenvalue weighted by atomic mass is 10.2. The zero-order valence-electron chi connectivity index (χ0n) is 18.7. The Morgan fingerprint density at radius 1 is 0.581 bits per heavy atom. The van der Waals surface area contributed by atoms with Gasteiger partial charge in [-0.1, -0.05) is 30.3 Å². The van der Waals surface area contributed by atoms with Gasteiger partial charge in [-0.05, 0) is 5.56 Å². The van der Waals surface area contributed by atoms with Crippen molar-refractivity contribution in [3.05, 3.63) is 35.9 Å². The van der Waals surface area contributed by atoms with Crippen LogP contribution < -0.4 is 0 Å². The highest BCUT2D eigenvalue weighted by atomic mass is 16.6. The van der Waals surface area contributed by atoms with Gasteiger partial charge in [0, 0.05) is 19.6 Å². The van der Waals surface area contributed by atoms with E-state index in [0.29, 0.717) is 92.5 Å². The molecule has 1 heterocycles. The lowest BCUT2D eigenvalue weighted by Crippen LogP contribution is -2.34. The Morgan fingerprint density at radius 3 is 1.61 bits per heavy atom. The molecule has 0 aliphatic carbocycles. The Morgan fingerprint density at radius 2 is 1.06 bits per heavy atom. The second-order valence-electron chi connectivity index (χ2n) is 7.05. The van der Waals surface area contributed by atoms with Gasteiger partial charge in [0.2, 0.25) is 0 Å². The first-order valence-electron chi connectivity index (χ1n) is 11.3. The first-order chi connectivity index (χ1) is 15.4. The van der Waals surface area contributed by atoms with Crippen LogP contribution in [0.5, 0.6) is 0 Å². The number of nitrogens with zero attached hydrogens (tertiary/aromatic N) is 1. The number of ether oxygens (including phenoxy) is 7. The topological polar surface area (TPSA) is 67.9 Å². The largest absolute Gasteiger partial charge is 0.378 e. The molecule has 0 radical (unpaired) electrons. The lowest BCUT2D eigenvalue weighted by molar-refractivity contribution is -0.0209. The number of rotatable bonds is 8. The first kappa shape index (κ1) is 26.2. The normalized spacial score (nSPS) is 19.5. The number of hydrogen-bond acceptors (Lipinski definition) is 8. The SMILES string of the molecule is c1ccc(COCCOCCN2CCOCCOCCOCCOCCOCC2)cc1. The van der Waals surface area contributed by atoms with Gasteiger partial charge in [0.25, 0.3) is 0 Å². The maximum atomic E-state index is 5.74. The Bertz CT molecular complexity index is 488. The van der Waals surface area contributed by atoms with Gasteiger partial charge < -0.3 is 33.2 Å². The average molecular weight is 442 g/mol. The molecule has 1 aliphatic rings. The number of hydrogen-bond donors (Lipinski definition) is 0. The summed E-state index contributed by atoms with van der Waals surface area (Å²) in [6.07, 6.45) is 0. The predicted molar refractivity (Wildman–Crippen MR) is 117 cm³/mol. The van der Waals surface area contributed by atoms with E-state index in [9.17, 15) is 0 Å². The molecule has 1 aliphatic heterocycles. The fraction of sp³-hybridized carbons (Fsp3) is 0.739. The first-order valence-corrected chi connectivity index (χ1v) is 11.3. The Kier molecular flexibility index (Phi) is 16.5. The molecule has 1 fully saturated rings. The quantitative estimate of drug-likeness (QED) is 0.564. The minimum absolute atomic E-state index is 0.574. The molecular formula is C23H39NO7. The average Bonchev–Trinajstić information content (AvgIpc) is 2.80. The van der Waals surface area contributed by atoms with Crippen molar-refractivity contribution in [3.63, 3.8) is 0 Å². The maximum Gasteiger partial charge on any atom is 0.0718 e. The second kappa shape index (κ2) is 19.6. The van der Waals surface area contributed by atoms with E-state index < -0.39 is 0 Å². The summed E-state index contributed by atoms with van der Waals surface area (Å²) in [7, 11) is 0. The van der Waals surface area contributed by atoms with E-state index in [1.807, 2.05) is 18.2 Å². The fourth-order valence-corrected chi connectivity index (χ4v) is 2.88.